The van der Waals surface area contributed by atoms with E-state index in [0.29, 0.717) is 17.6 Å². The van der Waals surface area contributed by atoms with Crippen LogP contribution in [0.3, 0.4) is 0 Å². The summed E-state index contributed by atoms with van der Waals surface area (Å²) in [4.78, 5) is 9.30. The number of ether oxygens (including phenoxy) is 1. The molecule has 1 aliphatic rings. The van der Waals surface area contributed by atoms with Crippen molar-refractivity contribution in [2.45, 2.75) is 32.2 Å². The second-order valence-electron chi connectivity index (χ2n) is 5.60. The maximum atomic E-state index is 5.95. The Bertz CT molecular complexity index is 453. The van der Waals surface area contributed by atoms with Gasteiger partial charge in [0.2, 0.25) is 5.88 Å². The molecule has 0 aromatic carbocycles. The fourth-order valence-corrected chi connectivity index (χ4v) is 2.84. The predicted molar refractivity (Wildman–Crippen MR) is 83.5 cm³/mol. The van der Waals surface area contributed by atoms with Gasteiger partial charge in [-0.25, -0.2) is 0 Å². The van der Waals surface area contributed by atoms with Crippen LogP contribution in [-0.2, 0) is 6.42 Å². The Hall–Kier alpha value is -1.49. The number of methoxy groups -OCH3 is 1. The predicted octanol–water partition coefficient (Wildman–Crippen LogP) is 1.77. The summed E-state index contributed by atoms with van der Waals surface area (Å²) in [7, 11) is 5.93. The SMILES string of the molecule is CCc1cc(N)c(OC)nc1N1CCC(N(C)C)CC1. The zero-order valence-electron chi connectivity index (χ0n) is 13.0. The van der Waals surface area contributed by atoms with Crippen LogP contribution >= 0.6 is 0 Å². The van der Waals surface area contributed by atoms with Gasteiger partial charge in [-0.15, -0.1) is 0 Å². The number of aryl methyl sites for hydroxylation is 1. The fourth-order valence-electron chi connectivity index (χ4n) is 2.84. The largest absolute Gasteiger partial charge is 0.479 e. The summed E-state index contributed by atoms with van der Waals surface area (Å²) >= 11 is 0. The second kappa shape index (κ2) is 6.31. The maximum Gasteiger partial charge on any atom is 0.238 e. The number of nitrogens with zero attached hydrogens (tertiary/aromatic N) is 3. The molecule has 0 atom stereocenters. The summed E-state index contributed by atoms with van der Waals surface area (Å²) in [5.74, 6) is 1.57. The van der Waals surface area contributed by atoms with Crippen molar-refractivity contribution >= 4 is 11.5 Å². The van der Waals surface area contributed by atoms with Crippen molar-refractivity contribution in [1.29, 1.82) is 0 Å². The third-order valence-corrected chi connectivity index (χ3v) is 4.14. The van der Waals surface area contributed by atoms with Crippen molar-refractivity contribution in [3.63, 3.8) is 0 Å². The Kier molecular flexibility index (Phi) is 4.70. The molecule has 0 bridgehead atoms. The highest BCUT2D eigenvalue weighted by Crippen LogP contribution is 2.30. The van der Waals surface area contributed by atoms with Gasteiger partial charge in [0.25, 0.3) is 0 Å². The van der Waals surface area contributed by atoms with E-state index in [1.807, 2.05) is 6.07 Å². The van der Waals surface area contributed by atoms with Gasteiger partial charge in [-0.2, -0.15) is 4.98 Å². The number of rotatable bonds is 4. The van der Waals surface area contributed by atoms with Crippen molar-refractivity contribution in [3.8, 4) is 5.88 Å². The molecule has 0 aliphatic carbocycles. The molecule has 2 heterocycles. The number of anilines is 2. The van der Waals surface area contributed by atoms with Crippen LogP contribution in [0.4, 0.5) is 11.5 Å². The summed E-state index contributed by atoms with van der Waals surface area (Å²) in [6, 6.07) is 2.67. The molecule has 0 amide bonds. The Labute approximate surface area is 121 Å². The highest BCUT2D eigenvalue weighted by Gasteiger charge is 2.23. The smallest absolute Gasteiger partial charge is 0.238 e. The first-order valence-corrected chi connectivity index (χ1v) is 7.31. The van der Waals surface area contributed by atoms with Crippen LogP contribution < -0.4 is 15.4 Å². The van der Waals surface area contributed by atoms with E-state index in [4.69, 9.17) is 10.5 Å². The number of nitrogens with two attached hydrogens (primary N) is 1. The molecule has 1 saturated heterocycles. The Balaban J connectivity index is 2.20. The highest BCUT2D eigenvalue weighted by molar-refractivity contribution is 5.60. The monoisotopic (exact) mass is 278 g/mol. The molecule has 1 aromatic rings. The normalized spacial score (nSPS) is 16.8. The van der Waals surface area contributed by atoms with Crippen LogP contribution in [0.15, 0.2) is 6.07 Å². The van der Waals surface area contributed by atoms with Gasteiger partial charge in [0.15, 0.2) is 0 Å². The summed E-state index contributed by atoms with van der Waals surface area (Å²) in [6.07, 6.45) is 3.28. The first-order valence-electron chi connectivity index (χ1n) is 7.31. The molecule has 0 unspecified atom stereocenters. The van der Waals surface area contributed by atoms with E-state index in [2.05, 4.69) is 35.8 Å². The van der Waals surface area contributed by atoms with Crippen LogP contribution in [0.1, 0.15) is 25.3 Å². The first-order chi connectivity index (χ1) is 9.56. The van der Waals surface area contributed by atoms with E-state index < -0.39 is 0 Å². The maximum absolute atomic E-state index is 5.95. The van der Waals surface area contributed by atoms with Gasteiger partial charge in [0.1, 0.15) is 5.82 Å². The molecule has 2 N–H and O–H groups in total. The molecule has 0 radical (unpaired) electrons. The summed E-state index contributed by atoms with van der Waals surface area (Å²) in [5.41, 5.74) is 7.78. The Morgan fingerprint density at radius 1 is 1.40 bits per heavy atom. The second-order valence-corrected chi connectivity index (χ2v) is 5.60. The molecule has 1 aliphatic heterocycles. The summed E-state index contributed by atoms with van der Waals surface area (Å²) in [5, 5.41) is 0. The lowest BCUT2D eigenvalue weighted by molar-refractivity contribution is 0.249. The van der Waals surface area contributed by atoms with Gasteiger partial charge in [0.05, 0.1) is 12.8 Å². The molecule has 20 heavy (non-hydrogen) atoms. The number of aromatic nitrogens is 1. The number of nitrogen functional groups attached to an aromatic ring is 1. The van der Waals surface area contributed by atoms with Gasteiger partial charge in [0, 0.05) is 19.1 Å². The van der Waals surface area contributed by atoms with Crippen LogP contribution in [0.5, 0.6) is 5.88 Å². The van der Waals surface area contributed by atoms with Gasteiger partial charge >= 0.3 is 0 Å². The lowest BCUT2D eigenvalue weighted by atomic mass is 10.0. The molecule has 2 rings (SSSR count). The number of pyridine rings is 1. The minimum atomic E-state index is 0.534. The summed E-state index contributed by atoms with van der Waals surface area (Å²) in [6.45, 7) is 4.21. The number of piperidine rings is 1. The molecule has 1 fully saturated rings. The van der Waals surface area contributed by atoms with E-state index >= 15 is 0 Å². The third kappa shape index (κ3) is 2.98. The quantitative estimate of drug-likeness (QED) is 0.909. The highest BCUT2D eigenvalue weighted by atomic mass is 16.5. The van der Waals surface area contributed by atoms with Crippen molar-refractivity contribution < 1.29 is 4.74 Å². The van der Waals surface area contributed by atoms with Crippen LogP contribution in [0.2, 0.25) is 0 Å². The molecule has 0 saturated carbocycles. The molecular formula is C15H26N4O. The van der Waals surface area contributed by atoms with Crippen molar-refractivity contribution in [3.05, 3.63) is 11.6 Å². The Morgan fingerprint density at radius 2 is 2.05 bits per heavy atom. The van der Waals surface area contributed by atoms with Crippen molar-refractivity contribution in [1.82, 2.24) is 9.88 Å². The van der Waals surface area contributed by atoms with Gasteiger partial charge in [-0.05, 0) is 45.0 Å². The number of hydrogen-bond acceptors (Lipinski definition) is 5. The van der Waals surface area contributed by atoms with Crippen LogP contribution in [-0.4, -0.2) is 50.2 Å². The van der Waals surface area contributed by atoms with E-state index in [1.54, 1.807) is 7.11 Å². The van der Waals surface area contributed by atoms with E-state index in [1.165, 1.54) is 18.4 Å². The van der Waals surface area contributed by atoms with Crippen molar-refractivity contribution in [2.75, 3.05) is 44.9 Å². The minimum absolute atomic E-state index is 0.534. The average molecular weight is 278 g/mol. The molecule has 5 heteroatoms. The minimum Gasteiger partial charge on any atom is -0.479 e. The topological polar surface area (TPSA) is 54.6 Å². The third-order valence-electron chi connectivity index (χ3n) is 4.14. The van der Waals surface area contributed by atoms with E-state index in [9.17, 15) is 0 Å². The molecular weight excluding hydrogens is 252 g/mol. The molecule has 112 valence electrons. The lowest BCUT2D eigenvalue weighted by Gasteiger charge is -2.36. The number of hydrogen-bond donors (Lipinski definition) is 1. The molecule has 5 nitrogen and oxygen atoms in total. The van der Waals surface area contributed by atoms with Crippen LogP contribution in [0, 0.1) is 0 Å². The zero-order chi connectivity index (χ0) is 14.7. The standard InChI is InChI=1S/C15H26N4O/c1-5-11-10-13(16)15(20-4)17-14(11)19-8-6-12(7-9-19)18(2)3/h10,12H,5-9,16H2,1-4H3. The van der Waals surface area contributed by atoms with E-state index in [-0.39, 0.29) is 0 Å². The molecule has 0 spiro atoms. The van der Waals surface area contributed by atoms with Crippen molar-refractivity contribution in [2.24, 2.45) is 0 Å². The molecule has 1 aromatic heterocycles. The average Bonchev–Trinajstić information content (AvgIpc) is 2.47. The zero-order valence-corrected chi connectivity index (χ0v) is 13.0. The lowest BCUT2D eigenvalue weighted by Crippen LogP contribution is -2.42. The van der Waals surface area contributed by atoms with Crippen LogP contribution in [0.25, 0.3) is 0 Å². The van der Waals surface area contributed by atoms with E-state index in [0.717, 1.165) is 25.3 Å². The van der Waals surface area contributed by atoms with Gasteiger partial charge < -0.3 is 20.3 Å². The fraction of sp³-hybridized carbons (Fsp3) is 0.667. The summed E-state index contributed by atoms with van der Waals surface area (Å²) < 4.78 is 5.26. The van der Waals surface area contributed by atoms with Gasteiger partial charge in [-0.1, -0.05) is 6.92 Å². The first kappa shape index (κ1) is 14.9. The van der Waals surface area contributed by atoms with Gasteiger partial charge in [-0.3, -0.25) is 0 Å². The Morgan fingerprint density at radius 3 is 2.55 bits per heavy atom.